The van der Waals surface area contributed by atoms with Crippen molar-refractivity contribution in [3.05, 3.63) is 35.5 Å². The molecule has 1 saturated heterocycles. The molecular formula is C27H40N2O4. The molecule has 2 aliphatic heterocycles. The number of para-hydroxylation sites is 1. The Morgan fingerprint density at radius 3 is 2.15 bits per heavy atom. The van der Waals surface area contributed by atoms with Gasteiger partial charge in [0.15, 0.2) is 0 Å². The van der Waals surface area contributed by atoms with Crippen LogP contribution < -0.4 is 4.74 Å². The van der Waals surface area contributed by atoms with Crippen molar-refractivity contribution in [3.8, 4) is 5.75 Å². The Morgan fingerprint density at radius 1 is 0.909 bits per heavy atom. The normalized spacial score (nSPS) is 21.3. The van der Waals surface area contributed by atoms with Crippen molar-refractivity contribution in [1.29, 1.82) is 0 Å². The zero-order valence-corrected chi connectivity index (χ0v) is 20.8. The Kier molecular flexibility index (Phi) is 9.36. The number of methoxy groups -OCH3 is 1. The number of hydrogen-bond donors (Lipinski definition) is 0. The van der Waals surface area contributed by atoms with E-state index >= 15 is 0 Å². The second-order valence-corrected chi connectivity index (χ2v) is 9.32. The van der Waals surface area contributed by atoms with E-state index in [4.69, 9.17) is 9.47 Å². The summed E-state index contributed by atoms with van der Waals surface area (Å²) in [6.45, 7) is 7.87. The van der Waals surface area contributed by atoms with Crippen molar-refractivity contribution >= 4 is 17.4 Å². The summed E-state index contributed by atoms with van der Waals surface area (Å²) < 4.78 is 11.4. The number of hydrogen-bond acceptors (Lipinski definition) is 5. The lowest BCUT2D eigenvalue weighted by Gasteiger charge is -2.37. The first-order valence-electron chi connectivity index (χ1n) is 12.6. The minimum Gasteiger partial charge on any atom is -0.496 e. The lowest BCUT2D eigenvalue weighted by atomic mass is 10.0. The van der Waals surface area contributed by atoms with Crippen LogP contribution in [0.15, 0.2) is 30.0 Å². The second kappa shape index (κ2) is 12.2. The van der Waals surface area contributed by atoms with Gasteiger partial charge in [0.1, 0.15) is 11.4 Å². The molecule has 3 rings (SSSR count). The quantitative estimate of drug-likeness (QED) is 0.326. The largest absolute Gasteiger partial charge is 0.496 e. The Hall–Kier alpha value is -2.34. The van der Waals surface area contributed by atoms with E-state index in [1.807, 2.05) is 43.0 Å². The maximum atomic E-state index is 13.6. The fourth-order valence-corrected chi connectivity index (χ4v) is 4.92. The van der Waals surface area contributed by atoms with E-state index in [1.54, 1.807) is 7.11 Å². The van der Waals surface area contributed by atoms with Crippen LogP contribution in [-0.4, -0.2) is 60.6 Å². The summed E-state index contributed by atoms with van der Waals surface area (Å²) in [5.41, 5.74) is 1.63. The van der Waals surface area contributed by atoms with E-state index in [2.05, 4.69) is 6.92 Å². The molecule has 1 aromatic carbocycles. The average Bonchev–Trinajstić information content (AvgIpc) is 3.04. The van der Waals surface area contributed by atoms with Gasteiger partial charge in [-0.2, -0.15) is 0 Å². The summed E-state index contributed by atoms with van der Waals surface area (Å²) >= 11 is 0. The molecular weight excluding hydrogens is 416 g/mol. The number of rotatable bonds is 12. The van der Waals surface area contributed by atoms with Crippen LogP contribution in [0.5, 0.6) is 5.75 Å². The van der Waals surface area contributed by atoms with E-state index in [1.165, 1.54) is 37.0 Å². The third-order valence-corrected chi connectivity index (χ3v) is 6.49. The number of morpholine rings is 1. The van der Waals surface area contributed by atoms with E-state index in [9.17, 15) is 9.59 Å². The van der Waals surface area contributed by atoms with Crippen LogP contribution >= 0.6 is 0 Å². The van der Waals surface area contributed by atoms with E-state index in [0.29, 0.717) is 42.2 Å². The first-order chi connectivity index (χ1) is 16.0. The van der Waals surface area contributed by atoms with Crippen LogP contribution in [0, 0.1) is 0 Å². The number of ether oxygens (including phenoxy) is 2. The lowest BCUT2D eigenvalue weighted by Crippen LogP contribution is -2.47. The number of unbranched alkanes of at least 4 members (excludes halogenated alkanes) is 7. The van der Waals surface area contributed by atoms with Crippen molar-refractivity contribution in [2.75, 3.05) is 26.7 Å². The third kappa shape index (κ3) is 6.17. The molecule has 0 aromatic heterocycles. The van der Waals surface area contributed by atoms with Crippen LogP contribution in [0.4, 0.5) is 0 Å². The molecule has 2 atom stereocenters. The average molecular weight is 457 g/mol. The van der Waals surface area contributed by atoms with Gasteiger partial charge in [-0.3, -0.25) is 14.5 Å². The van der Waals surface area contributed by atoms with Gasteiger partial charge < -0.3 is 14.4 Å². The van der Waals surface area contributed by atoms with Crippen molar-refractivity contribution in [2.45, 2.75) is 84.3 Å². The maximum Gasteiger partial charge on any atom is 0.277 e. The van der Waals surface area contributed by atoms with Crippen LogP contribution in [-0.2, 0) is 14.3 Å². The van der Waals surface area contributed by atoms with Crippen molar-refractivity contribution < 1.29 is 19.1 Å². The van der Waals surface area contributed by atoms with Gasteiger partial charge in [0.2, 0.25) is 0 Å². The second-order valence-electron chi connectivity index (χ2n) is 9.32. The summed E-state index contributed by atoms with van der Waals surface area (Å²) in [7, 11) is 1.59. The summed E-state index contributed by atoms with van der Waals surface area (Å²) in [6.07, 6.45) is 9.35. The first kappa shape index (κ1) is 25.3. The summed E-state index contributed by atoms with van der Waals surface area (Å²) in [4.78, 5) is 30.6. The van der Waals surface area contributed by atoms with Gasteiger partial charge in [0.25, 0.3) is 11.8 Å². The molecule has 33 heavy (non-hydrogen) atoms. The smallest absolute Gasteiger partial charge is 0.277 e. The topological polar surface area (TPSA) is 59.1 Å². The highest BCUT2D eigenvalue weighted by Gasteiger charge is 2.43. The van der Waals surface area contributed by atoms with Crippen molar-refractivity contribution in [1.82, 2.24) is 9.80 Å². The molecule has 182 valence electrons. The molecule has 2 aliphatic rings. The number of carbonyl (C=O) groups is 2. The molecule has 6 heteroatoms. The van der Waals surface area contributed by atoms with Gasteiger partial charge in [0.05, 0.1) is 24.9 Å². The first-order valence-corrected chi connectivity index (χ1v) is 12.6. The molecule has 0 N–H and O–H groups in total. The standard InChI is InChI=1S/C27H40N2O4/c1-5-6-7-8-9-10-11-14-17-29-26(30)24(22-15-12-13-16-23(22)32-4)25(27(29)31)28-18-20(2)33-21(3)19-28/h12-13,15-16,20-21H,5-11,14,17-19H2,1-4H3. The van der Waals surface area contributed by atoms with E-state index < -0.39 is 0 Å². The highest BCUT2D eigenvalue weighted by molar-refractivity contribution is 6.36. The van der Waals surface area contributed by atoms with Crippen LogP contribution in [0.25, 0.3) is 5.57 Å². The number of carbonyl (C=O) groups excluding carboxylic acids is 2. The Balaban J connectivity index is 1.77. The van der Waals surface area contributed by atoms with Gasteiger partial charge >= 0.3 is 0 Å². The molecule has 1 fully saturated rings. The molecule has 2 amide bonds. The van der Waals surface area contributed by atoms with Crippen molar-refractivity contribution in [2.24, 2.45) is 0 Å². The van der Waals surface area contributed by atoms with Gasteiger partial charge in [-0.1, -0.05) is 70.1 Å². The molecule has 0 aliphatic carbocycles. The highest BCUT2D eigenvalue weighted by Crippen LogP contribution is 2.37. The highest BCUT2D eigenvalue weighted by atomic mass is 16.5. The van der Waals surface area contributed by atoms with Gasteiger partial charge in [0, 0.05) is 25.2 Å². The van der Waals surface area contributed by atoms with Crippen LogP contribution in [0.2, 0.25) is 0 Å². The molecule has 6 nitrogen and oxygen atoms in total. The van der Waals surface area contributed by atoms with E-state index in [0.717, 1.165) is 19.3 Å². The SMILES string of the molecule is CCCCCCCCCCN1C(=O)C(c2ccccc2OC)=C(N2CC(C)OC(C)C2)C1=O. The van der Waals surface area contributed by atoms with Gasteiger partial charge in [-0.15, -0.1) is 0 Å². The van der Waals surface area contributed by atoms with E-state index in [-0.39, 0.29) is 24.0 Å². The van der Waals surface area contributed by atoms with Gasteiger partial charge in [-0.25, -0.2) is 0 Å². The Labute approximate surface area is 198 Å². The molecule has 0 radical (unpaired) electrons. The predicted molar refractivity (Wildman–Crippen MR) is 131 cm³/mol. The number of amides is 2. The molecule has 0 spiro atoms. The minimum atomic E-state index is -0.214. The number of benzene rings is 1. The van der Waals surface area contributed by atoms with Crippen molar-refractivity contribution in [3.63, 3.8) is 0 Å². The molecule has 0 bridgehead atoms. The summed E-state index contributed by atoms with van der Waals surface area (Å²) in [5, 5.41) is 0. The molecule has 1 aromatic rings. The number of nitrogens with zero attached hydrogens (tertiary/aromatic N) is 2. The third-order valence-electron chi connectivity index (χ3n) is 6.49. The molecule has 2 heterocycles. The Bertz CT molecular complexity index is 840. The lowest BCUT2D eigenvalue weighted by molar-refractivity contribution is -0.138. The maximum absolute atomic E-state index is 13.6. The summed E-state index contributed by atoms with van der Waals surface area (Å²) in [5.74, 6) is 0.203. The monoisotopic (exact) mass is 456 g/mol. The van der Waals surface area contributed by atoms with Gasteiger partial charge in [-0.05, 0) is 26.3 Å². The summed E-state index contributed by atoms with van der Waals surface area (Å²) in [6, 6.07) is 7.46. The predicted octanol–water partition coefficient (Wildman–Crippen LogP) is 5.03. The minimum absolute atomic E-state index is 0.00942. The fourth-order valence-electron chi connectivity index (χ4n) is 4.92. The number of imide groups is 1. The zero-order valence-electron chi connectivity index (χ0n) is 20.8. The Morgan fingerprint density at radius 2 is 1.52 bits per heavy atom. The molecule has 2 unspecified atom stereocenters. The van der Waals surface area contributed by atoms with Crippen LogP contribution in [0.1, 0.15) is 77.7 Å². The fraction of sp³-hybridized carbons (Fsp3) is 0.630. The molecule has 0 saturated carbocycles. The zero-order chi connectivity index (χ0) is 23.8. The van der Waals surface area contributed by atoms with Crippen LogP contribution in [0.3, 0.4) is 0 Å².